The molecule has 1 amide bonds. The standard InChI is InChI=1S/C31H64N2O3/c1-32-31(35)26-24-22-20-18-16-14-12-10-8-6-4-3-5-7-9-11-13-15-17-19-21-23-25-27-33-28-30(34)29-36-2/h30,33-34H,3-29H2,1-2H3,(H,32,35). The first-order chi connectivity index (χ1) is 17.7. The lowest BCUT2D eigenvalue weighted by Crippen LogP contribution is -2.30. The normalized spacial score (nSPS) is 12.2. The van der Waals surface area contributed by atoms with E-state index >= 15 is 0 Å². The highest BCUT2D eigenvalue weighted by atomic mass is 16.5. The molecule has 0 aromatic carbocycles. The molecule has 1 atom stereocenters. The monoisotopic (exact) mass is 512 g/mol. The zero-order valence-corrected chi connectivity index (χ0v) is 24.4. The number of hydrogen-bond acceptors (Lipinski definition) is 4. The molecule has 0 spiro atoms. The van der Waals surface area contributed by atoms with Gasteiger partial charge in [-0.3, -0.25) is 4.79 Å². The minimum atomic E-state index is -0.379. The van der Waals surface area contributed by atoms with E-state index < -0.39 is 0 Å². The number of ether oxygens (including phenoxy) is 1. The van der Waals surface area contributed by atoms with E-state index in [-0.39, 0.29) is 12.0 Å². The number of amides is 1. The van der Waals surface area contributed by atoms with Gasteiger partial charge in [0.05, 0.1) is 12.7 Å². The first-order valence-electron chi connectivity index (χ1n) is 15.8. The maximum Gasteiger partial charge on any atom is 0.219 e. The van der Waals surface area contributed by atoms with Crippen LogP contribution in [0.4, 0.5) is 0 Å². The third kappa shape index (κ3) is 29.6. The van der Waals surface area contributed by atoms with E-state index in [2.05, 4.69) is 10.6 Å². The van der Waals surface area contributed by atoms with E-state index in [0.717, 1.165) is 13.0 Å². The lowest BCUT2D eigenvalue weighted by molar-refractivity contribution is -0.120. The van der Waals surface area contributed by atoms with Crippen LogP contribution in [0.3, 0.4) is 0 Å². The molecule has 0 aromatic rings. The van der Waals surface area contributed by atoms with Crippen LogP contribution < -0.4 is 10.6 Å². The summed E-state index contributed by atoms with van der Waals surface area (Å²) < 4.78 is 4.92. The molecular weight excluding hydrogens is 448 g/mol. The largest absolute Gasteiger partial charge is 0.389 e. The lowest BCUT2D eigenvalue weighted by Gasteiger charge is -2.10. The van der Waals surface area contributed by atoms with Gasteiger partial charge in [0.2, 0.25) is 5.91 Å². The maximum atomic E-state index is 11.2. The number of rotatable bonds is 30. The Balaban J connectivity index is 3.06. The molecule has 0 saturated heterocycles. The third-order valence-corrected chi connectivity index (χ3v) is 7.28. The molecule has 36 heavy (non-hydrogen) atoms. The lowest BCUT2D eigenvalue weighted by atomic mass is 10.0. The van der Waals surface area contributed by atoms with Gasteiger partial charge in [0.15, 0.2) is 0 Å². The molecule has 0 aliphatic rings. The van der Waals surface area contributed by atoms with Crippen LogP contribution in [0.1, 0.15) is 154 Å². The molecule has 0 bridgehead atoms. The molecule has 0 radical (unpaired) electrons. The molecular formula is C31H64N2O3. The second kappa shape index (κ2) is 30.6. The fourth-order valence-corrected chi connectivity index (χ4v) is 4.89. The van der Waals surface area contributed by atoms with Crippen LogP contribution in [-0.2, 0) is 9.53 Å². The Morgan fingerprint density at radius 2 is 0.944 bits per heavy atom. The summed E-state index contributed by atoms with van der Waals surface area (Å²) in [6.07, 6.45) is 31.8. The number of carbonyl (C=O) groups excluding carboxylic acids is 1. The van der Waals surface area contributed by atoms with Crippen molar-refractivity contribution in [3.63, 3.8) is 0 Å². The summed E-state index contributed by atoms with van der Waals surface area (Å²) in [5, 5.41) is 15.5. The van der Waals surface area contributed by atoms with Crippen molar-refractivity contribution in [2.75, 3.05) is 33.9 Å². The van der Waals surface area contributed by atoms with Crippen molar-refractivity contribution in [2.24, 2.45) is 0 Å². The minimum absolute atomic E-state index is 0.182. The summed E-state index contributed by atoms with van der Waals surface area (Å²) in [5.74, 6) is 0.182. The Hall–Kier alpha value is -0.650. The molecule has 0 rings (SSSR count). The van der Waals surface area contributed by atoms with Gasteiger partial charge in [-0.1, -0.05) is 135 Å². The van der Waals surface area contributed by atoms with Gasteiger partial charge >= 0.3 is 0 Å². The summed E-state index contributed by atoms with van der Waals surface area (Å²) in [5.41, 5.74) is 0. The predicted octanol–water partition coefficient (Wildman–Crippen LogP) is 7.69. The molecule has 216 valence electrons. The summed E-state index contributed by atoms with van der Waals surface area (Å²) in [6.45, 7) is 2.06. The minimum Gasteiger partial charge on any atom is -0.389 e. The number of methoxy groups -OCH3 is 1. The first kappa shape index (κ1) is 35.4. The van der Waals surface area contributed by atoms with Gasteiger partial charge in [-0.05, 0) is 19.4 Å². The van der Waals surface area contributed by atoms with Crippen LogP contribution in [0.25, 0.3) is 0 Å². The summed E-state index contributed by atoms with van der Waals surface area (Å²) in [6, 6.07) is 0. The van der Waals surface area contributed by atoms with E-state index in [4.69, 9.17) is 4.74 Å². The molecule has 0 aliphatic heterocycles. The van der Waals surface area contributed by atoms with Crippen LogP contribution in [0.15, 0.2) is 0 Å². The number of unbranched alkanes of at least 4 members (excludes halogenated alkanes) is 22. The molecule has 1 unspecified atom stereocenters. The zero-order chi connectivity index (χ0) is 26.4. The maximum absolute atomic E-state index is 11.2. The van der Waals surface area contributed by atoms with E-state index in [0.29, 0.717) is 19.6 Å². The van der Waals surface area contributed by atoms with Gasteiger partial charge in [0.1, 0.15) is 0 Å². The number of carbonyl (C=O) groups is 1. The average Bonchev–Trinajstić information content (AvgIpc) is 2.88. The molecule has 3 N–H and O–H groups in total. The van der Waals surface area contributed by atoms with E-state index in [1.54, 1.807) is 14.2 Å². The van der Waals surface area contributed by atoms with E-state index in [9.17, 15) is 9.90 Å². The topological polar surface area (TPSA) is 70.6 Å². The van der Waals surface area contributed by atoms with Crippen LogP contribution in [0.5, 0.6) is 0 Å². The SMILES string of the molecule is CNC(=O)CCCCCCCCCCCCCCCCCCCCCCCCCNCC(O)COC. The third-order valence-electron chi connectivity index (χ3n) is 7.28. The van der Waals surface area contributed by atoms with E-state index in [1.807, 2.05) is 0 Å². The number of aliphatic hydroxyl groups excluding tert-OH is 1. The predicted molar refractivity (Wildman–Crippen MR) is 156 cm³/mol. The van der Waals surface area contributed by atoms with Gasteiger partial charge in [-0.15, -0.1) is 0 Å². The Labute approximate surface area is 225 Å². The average molecular weight is 513 g/mol. The van der Waals surface area contributed by atoms with Crippen molar-refractivity contribution in [1.29, 1.82) is 0 Å². The van der Waals surface area contributed by atoms with E-state index in [1.165, 1.54) is 141 Å². The summed E-state index contributed by atoms with van der Waals surface area (Å²) in [7, 11) is 3.34. The number of nitrogens with one attached hydrogen (secondary N) is 2. The fraction of sp³-hybridized carbons (Fsp3) is 0.968. The van der Waals surface area contributed by atoms with Gasteiger partial charge in [-0.2, -0.15) is 0 Å². The number of aliphatic hydroxyl groups is 1. The van der Waals surface area contributed by atoms with Crippen LogP contribution in [0, 0.1) is 0 Å². The fourth-order valence-electron chi connectivity index (χ4n) is 4.89. The van der Waals surface area contributed by atoms with Crippen LogP contribution >= 0.6 is 0 Å². The van der Waals surface area contributed by atoms with Gasteiger partial charge in [0, 0.05) is 27.1 Å². The van der Waals surface area contributed by atoms with Crippen LogP contribution in [0.2, 0.25) is 0 Å². The van der Waals surface area contributed by atoms with Crippen molar-refractivity contribution in [3.8, 4) is 0 Å². The molecule has 0 fully saturated rings. The second-order valence-electron chi connectivity index (χ2n) is 10.9. The zero-order valence-electron chi connectivity index (χ0n) is 24.4. The second-order valence-corrected chi connectivity index (χ2v) is 10.9. The molecule has 5 nitrogen and oxygen atoms in total. The highest BCUT2D eigenvalue weighted by Gasteiger charge is 2.01. The smallest absolute Gasteiger partial charge is 0.219 e. The van der Waals surface area contributed by atoms with Crippen molar-refractivity contribution < 1.29 is 14.6 Å². The molecule has 0 heterocycles. The van der Waals surface area contributed by atoms with Crippen molar-refractivity contribution in [3.05, 3.63) is 0 Å². The molecule has 0 aromatic heterocycles. The van der Waals surface area contributed by atoms with Crippen molar-refractivity contribution >= 4 is 5.91 Å². The summed E-state index contributed by atoms with van der Waals surface area (Å²) >= 11 is 0. The van der Waals surface area contributed by atoms with Gasteiger partial charge < -0.3 is 20.5 Å². The Morgan fingerprint density at radius 3 is 1.28 bits per heavy atom. The van der Waals surface area contributed by atoms with Crippen molar-refractivity contribution in [1.82, 2.24) is 10.6 Å². The number of hydrogen-bond donors (Lipinski definition) is 3. The quantitative estimate of drug-likeness (QED) is 0.0863. The molecule has 5 heteroatoms. The van der Waals surface area contributed by atoms with Crippen LogP contribution in [-0.4, -0.2) is 51.0 Å². The molecule has 0 saturated carbocycles. The van der Waals surface area contributed by atoms with Gasteiger partial charge in [-0.25, -0.2) is 0 Å². The first-order valence-corrected chi connectivity index (χ1v) is 15.8. The Kier molecular flexibility index (Phi) is 30.0. The highest BCUT2D eigenvalue weighted by molar-refractivity contribution is 5.75. The summed E-state index contributed by atoms with van der Waals surface area (Å²) in [4.78, 5) is 11.2. The van der Waals surface area contributed by atoms with Gasteiger partial charge in [0.25, 0.3) is 0 Å². The molecule has 0 aliphatic carbocycles. The Bertz CT molecular complexity index is 434. The highest BCUT2D eigenvalue weighted by Crippen LogP contribution is 2.15. The Morgan fingerprint density at radius 1 is 0.611 bits per heavy atom. The van der Waals surface area contributed by atoms with Crippen molar-refractivity contribution in [2.45, 2.75) is 160 Å².